The van der Waals surface area contributed by atoms with Gasteiger partial charge >= 0.3 is 0 Å². The number of carbonyl (C=O) groups is 1. The van der Waals surface area contributed by atoms with Gasteiger partial charge in [-0.1, -0.05) is 0 Å². The van der Waals surface area contributed by atoms with Gasteiger partial charge in [0.05, 0.1) is 25.5 Å². The molecule has 0 aliphatic carbocycles. The Morgan fingerprint density at radius 2 is 1.83 bits per heavy atom. The average Bonchev–Trinajstić information content (AvgIpc) is 2.57. The third-order valence-electron chi connectivity index (χ3n) is 3.22. The summed E-state index contributed by atoms with van der Waals surface area (Å²) in [4.78, 5) is 11.8. The Hall–Kier alpha value is -1.24. The van der Waals surface area contributed by atoms with E-state index in [-0.39, 0.29) is 22.9 Å². The molecule has 5 nitrogen and oxygen atoms in total. The maximum Gasteiger partial charge on any atom is 0.229 e. The zero-order valence-corrected chi connectivity index (χ0v) is 16.0. The molecule has 0 saturated heterocycles. The summed E-state index contributed by atoms with van der Waals surface area (Å²) in [6, 6.07) is 7.40. The van der Waals surface area contributed by atoms with Crippen LogP contribution in [0.5, 0.6) is 5.75 Å². The molecule has 0 bridgehead atoms. The van der Waals surface area contributed by atoms with Gasteiger partial charge in [0.2, 0.25) is 5.91 Å². The van der Waals surface area contributed by atoms with Crippen LogP contribution in [-0.2, 0) is 25.2 Å². The van der Waals surface area contributed by atoms with Crippen LogP contribution in [0.25, 0.3) is 0 Å². The van der Waals surface area contributed by atoms with Gasteiger partial charge in [0.1, 0.15) is 24.2 Å². The van der Waals surface area contributed by atoms with Crippen LogP contribution in [0, 0.1) is 0 Å². The van der Waals surface area contributed by atoms with Crippen molar-refractivity contribution in [2.45, 2.75) is 26.4 Å². The summed E-state index contributed by atoms with van der Waals surface area (Å²) in [5, 5.41) is 2.90. The molecule has 1 rings (SSSR count). The van der Waals surface area contributed by atoms with Crippen LogP contribution in [0.4, 0.5) is 5.69 Å². The number of benzene rings is 1. The van der Waals surface area contributed by atoms with Crippen molar-refractivity contribution in [2.24, 2.45) is 0 Å². The molecule has 1 unspecified atom stereocenters. The van der Waals surface area contributed by atoms with E-state index in [4.69, 9.17) is 14.2 Å². The van der Waals surface area contributed by atoms with Gasteiger partial charge in [0.15, 0.2) is 0 Å². The van der Waals surface area contributed by atoms with Gasteiger partial charge in [-0.05, 0) is 49.0 Å². The summed E-state index contributed by atoms with van der Waals surface area (Å²) >= 11 is 0. The van der Waals surface area contributed by atoms with Crippen LogP contribution < -0.4 is 10.1 Å². The van der Waals surface area contributed by atoms with Crippen molar-refractivity contribution in [3.8, 4) is 5.75 Å². The zero-order valence-electron chi connectivity index (χ0n) is 15.2. The normalized spacial score (nSPS) is 12.2. The molecule has 1 atom stereocenters. The molecular formula is C18H30NO4S+. The number of amides is 1. The minimum atomic E-state index is -0.0776. The number of hydrogen-bond acceptors (Lipinski definition) is 4. The van der Waals surface area contributed by atoms with E-state index in [1.807, 2.05) is 38.1 Å². The van der Waals surface area contributed by atoms with Gasteiger partial charge in [-0.25, -0.2) is 0 Å². The molecule has 136 valence electrons. The average molecular weight is 357 g/mol. The predicted octanol–water partition coefficient (Wildman–Crippen LogP) is 2.71. The number of nitrogens with one attached hydrogen (secondary N) is 1. The molecule has 0 radical (unpaired) electrons. The minimum Gasteiger partial charge on any atom is -0.491 e. The first-order valence-electron chi connectivity index (χ1n) is 8.31. The third kappa shape index (κ3) is 9.15. The smallest absolute Gasteiger partial charge is 0.229 e. The molecule has 0 aromatic heterocycles. The van der Waals surface area contributed by atoms with E-state index >= 15 is 0 Å². The largest absolute Gasteiger partial charge is 0.491 e. The molecule has 0 heterocycles. The molecule has 0 spiro atoms. The molecule has 0 aliphatic heterocycles. The van der Waals surface area contributed by atoms with Crippen LogP contribution in [0.3, 0.4) is 0 Å². The standard InChI is InChI=1S/C18H29NO4S/c1-5-21-13-17(22-6-2)14-23-16-9-7-15(8-10-16)19-18(20)11-12-24(3)4/h7-10,17H,5-6,11-14H2,1-4H3/p+1. The first-order valence-corrected chi connectivity index (χ1v) is 10.5. The molecule has 0 fully saturated rings. The molecule has 24 heavy (non-hydrogen) atoms. The summed E-state index contributed by atoms with van der Waals surface area (Å²) < 4.78 is 16.7. The van der Waals surface area contributed by atoms with Crippen LogP contribution in [0.15, 0.2) is 24.3 Å². The minimum absolute atomic E-state index is 0.0537. The fourth-order valence-electron chi connectivity index (χ4n) is 1.97. The van der Waals surface area contributed by atoms with Crippen molar-refractivity contribution < 1.29 is 19.0 Å². The van der Waals surface area contributed by atoms with Crippen LogP contribution >= 0.6 is 0 Å². The highest BCUT2D eigenvalue weighted by atomic mass is 32.2. The SMILES string of the molecule is CCOCC(COc1ccc(NC(=O)CC[S+](C)C)cc1)OCC. The molecule has 1 amide bonds. The van der Waals surface area contributed by atoms with E-state index in [2.05, 4.69) is 17.8 Å². The second-order valence-corrected chi connectivity index (χ2v) is 7.94. The van der Waals surface area contributed by atoms with Gasteiger partial charge in [-0.15, -0.1) is 0 Å². The van der Waals surface area contributed by atoms with E-state index in [1.165, 1.54) is 0 Å². The summed E-state index contributed by atoms with van der Waals surface area (Å²) in [5.74, 6) is 1.72. The summed E-state index contributed by atoms with van der Waals surface area (Å²) in [7, 11) is 0.287. The van der Waals surface area contributed by atoms with Gasteiger partial charge in [-0.2, -0.15) is 0 Å². The highest BCUT2D eigenvalue weighted by Crippen LogP contribution is 2.16. The van der Waals surface area contributed by atoms with Gasteiger partial charge in [0.25, 0.3) is 0 Å². The van der Waals surface area contributed by atoms with Crippen molar-refractivity contribution in [3.05, 3.63) is 24.3 Å². The monoisotopic (exact) mass is 356 g/mol. The van der Waals surface area contributed by atoms with Crippen LogP contribution in [0.2, 0.25) is 0 Å². The quantitative estimate of drug-likeness (QED) is 0.585. The lowest BCUT2D eigenvalue weighted by Crippen LogP contribution is -2.27. The molecule has 1 aromatic carbocycles. The Bertz CT molecular complexity index is 465. The molecule has 0 saturated carbocycles. The Balaban J connectivity index is 2.41. The molecule has 0 aliphatic rings. The lowest BCUT2D eigenvalue weighted by Gasteiger charge is -2.17. The van der Waals surface area contributed by atoms with Gasteiger partial charge in [-0.3, -0.25) is 4.79 Å². The number of carbonyl (C=O) groups excluding carboxylic acids is 1. The second-order valence-electron chi connectivity index (χ2n) is 5.56. The molecular weight excluding hydrogens is 326 g/mol. The van der Waals surface area contributed by atoms with Gasteiger partial charge in [0, 0.05) is 18.9 Å². The number of anilines is 1. The van der Waals surface area contributed by atoms with Gasteiger partial charge < -0.3 is 19.5 Å². The maximum absolute atomic E-state index is 11.8. The van der Waals surface area contributed by atoms with Crippen LogP contribution in [-0.4, -0.2) is 56.7 Å². The van der Waals surface area contributed by atoms with E-state index in [9.17, 15) is 4.79 Å². The van der Waals surface area contributed by atoms with Crippen LogP contribution in [0.1, 0.15) is 20.3 Å². The molecule has 1 aromatic rings. The third-order valence-corrected chi connectivity index (χ3v) is 4.24. The highest BCUT2D eigenvalue weighted by molar-refractivity contribution is 7.95. The summed E-state index contributed by atoms with van der Waals surface area (Å²) in [6.07, 6.45) is 4.76. The Morgan fingerprint density at radius 3 is 2.42 bits per heavy atom. The highest BCUT2D eigenvalue weighted by Gasteiger charge is 2.11. The van der Waals surface area contributed by atoms with E-state index < -0.39 is 0 Å². The maximum atomic E-state index is 11.8. The van der Waals surface area contributed by atoms with E-state index in [0.717, 1.165) is 17.2 Å². The molecule has 1 N–H and O–H groups in total. The second kappa shape index (κ2) is 12.2. The Morgan fingerprint density at radius 1 is 1.12 bits per heavy atom. The zero-order chi connectivity index (χ0) is 17.8. The Kier molecular flexibility index (Phi) is 10.5. The van der Waals surface area contributed by atoms with Crippen molar-refractivity contribution in [3.63, 3.8) is 0 Å². The van der Waals surface area contributed by atoms with Crippen molar-refractivity contribution in [1.29, 1.82) is 0 Å². The lowest BCUT2D eigenvalue weighted by molar-refractivity contribution is -0.115. The summed E-state index contributed by atoms with van der Waals surface area (Å²) in [6.45, 7) is 6.16. The molecule has 6 heteroatoms. The topological polar surface area (TPSA) is 56.8 Å². The van der Waals surface area contributed by atoms with E-state index in [0.29, 0.717) is 32.8 Å². The lowest BCUT2D eigenvalue weighted by atomic mass is 10.3. The van der Waals surface area contributed by atoms with Crippen molar-refractivity contribution in [2.75, 3.05) is 50.0 Å². The van der Waals surface area contributed by atoms with Crippen molar-refractivity contribution >= 4 is 22.5 Å². The number of rotatable bonds is 12. The number of hydrogen-bond donors (Lipinski definition) is 1. The first kappa shape index (κ1) is 20.8. The number of ether oxygens (including phenoxy) is 3. The fourth-order valence-corrected chi connectivity index (χ4v) is 2.57. The fraction of sp³-hybridized carbons (Fsp3) is 0.611. The Labute approximate surface area is 148 Å². The summed E-state index contributed by atoms with van der Waals surface area (Å²) in [5.41, 5.74) is 0.787. The van der Waals surface area contributed by atoms with Crippen molar-refractivity contribution in [1.82, 2.24) is 0 Å². The predicted molar refractivity (Wildman–Crippen MR) is 101 cm³/mol. The first-order chi connectivity index (χ1) is 11.5. The van der Waals surface area contributed by atoms with E-state index in [1.54, 1.807) is 0 Å².